The zero-order chi connectivity index (χ0) is 21.1. The maximum atomic E-state index is 9.10. The number of benzene rings is 2. The van der Waals surface area contributed by atoms with Gasteiger partial charge in [-0.05, 0) is 42.6 Å². The van der Waals surface area contributed by atoms with E-state index in [-0.39, 0.29) is 0 Å². The molecular formula is C22H27ClN2O4. The highest BCUT2D eigenvalue weighted by Crippen LogP contribution is 2.13. The summed E-state index contributed by atoms with van der Waals surface area (Å²) in [5, 5.41) is 15.6. The van der Waals surface area contributed by atoms with Crippen LogP contribution in [-0.4, -0.2) is 64.7 Å². The smallest absolute Gasteiger partial charge is 0.414 e. The van der Waals surface area contributed by atoms with Crippen LogP contribution in [0, 0.1) is 0 Å². The topological polar surface area (TPSA) is 81.1 Å². The minimum atomic E-state index is -1.82. The second-order valence-electron chi connectivity index (χ2n) is 6.94. The minimum absolute atomic E-state index is 0.817. The lowest BCUT2D eigenvalue weighted by molar-refractivity contribution is -0.159. The van der Waals surface area contributed by atoms with Crippen LogP contribution in [0.15, 0.2) is 54.6 Å². The molecule has 1 aliphatic rings. The largest absolute Gasteiger partial charge is 0.473 e. The van der Waals surface area contributed by atoms with Gasteiger partial charge in [0, 0.05) is 37.7 Å². The summed E-state index contributed by atoms with van der Waals surface area (Å²) in [6.45, 7) is 6.94. The molecule has 0 atom stereocenters. The number of hydrogen-bond donors (Lipinski definition) is 2. The molecule has 7 heteroatoms. The van der Waals surface area contributed by atoms with Crippen molar-refractivity contribution in [2.75, 3.05) is 32.7 Å². The number of rotatable bonds is 6. The maximum absolute atomic E-state index is 9.10. The first kappa shape index (κ1) is 22.9. The molecule has 0 bridgehead atoms. The number of carbonyl (C=O) groups is 2. The molecule has 1 fully saturated rings. The Bertz CT molecular complexity index is 748. The third kappa shape index (κ3) is 9.09. The summed E-state index contributed by atoms with van der Waals surface area (Å²) in [6, 6.07) is 19.0. The van der Waals surface area contributed by atoms with E-state index in [0.717, 1.165) is 24.7 Å². The van der Waals surface area contributed by atoms with Gasteiger partial charge >= 0.3 is 11.9 Å². The predicted octanol–water partition coefficient (Wildman–Crippen LogP) is 3.25. The van der Waals surface area contributed by atoms with Gasteiger partial charge in [0.1, 0.15) is 0 Å². The van der Waals surface area contributed by atoms with Crippen molar-refractivity contribution in [1.29, 1.82) is 0 Å². The van der Waals surface area contributed by atoms with Crippen LogP contribution in [0.25, 0.3) is 0 Å². The number of carboxylic acids is 2. The fourth-order valence-corrected chi connectivity index (χ4v) is 3.30. The van der Waals surface area contributed by atoms with Gasteiger partial charge in [-0.1, -0.05) is 54.1 Å². The van der Waals surface area contributed by atoms with E-state index in [9.17, 15) is 0 Å². The van der Waals surface area contributed by atoms with Crippen molar-refractivity contribution in [3.63, 3.8) is 0 Å². The van der Waals surface area contributed by atoms with Crippen molar-refractivity contribution >= 4 is 23.5 Å². The molecule has 1 saturated heterocycles. The van der Waals surface area contributed by atoms with Crippen LogP contribution >= 0.6 is 11.6 Å². The summed E-state index contributed by atoms with van der Waals surface area (Å²) >= 11 is 5.95. The third-order valence-corrected chi connectivity index (χ3v) is 5.00. The fourth-order valence-electron chi connectivity index (χ4n) is 3.17. The molecule has 156 valence electrons. The summed E-state index contributed by atoms with van der Waals surface area (Å²) < 4.78 is 0. The van der Waals surface area contributed by atoms with Crippen molar-refractivity contribution < 1.29 is 19.8 Å². The number of hydrogen-bond acceptors (Lipinski definition) is 4. The van der Waals surface area contributed by atoms with E-state index in [2.05, 4.69) is 52.3 Å². The van der Waals surface area contributed by atoms with Gasteiger partial charge in [-0.2, -0.15) is 0 Å². The molecule has 0 amide bonds. The molecule has 0 aliphatic carbocycles. The molecule has 6 nitrogen and oxygen atoms in total. The maximum Gasteiger partial charge on any atom is 0.414 e. The van der Waals surface area contributed by atoms with Crippen molar-refractivity contribution in [3.05, 3.63) is 70.7 Å². The van der Waals surface area contributed by atoms with Crippen LogP contribution in [0.4, 0.5) is 0 Å². The molecule has 2 N–H and O–H groups in total. The standard InChI is InChI=1S/C20H25ClN2.C2H2O4/c21-20-10-8-19(9-11-20)17-23-15-13-22(14-16-23)12-4-7-18-5-2-1-3-6-18;3-1(4)2(5)6/h1-3,5-6,8-11H,4,7,12-17H2;(H,3,4)(H,5,6). The first-order chi connectivity index (χ1) is 13.9. The molecule has 2 aromatic rings. The van der Waals surface area contributed by atoms with Crippen LogP contribution in [0.5, 0.6) is 0 Å². The lowest BCUT2D eigenvalue weighted by atomic mass is 10.1. The van der Waals surface area contributed by atoms with Crippen LogP contribution < -0.4 is 0 Å². The molecule has 0 saturated carbocycles. The number of nitrogens with zero attached hydrogens (tertiary/aromatic N) is 2. The first-order valence-corrected chi connectivity index (χ1v) is 10.0. The highest BCUT2D eigenvalue weighted by molar-refractivity contribution is 6.30. The van der Waals surface area contributed by atoms with Gasteiger partial charge in [0.05, 0.1) is 0 Å². The average Bonchev–Trinajstić information content (AvgIpc) is 2.72. The molecule has 3 rings (SSSR count). The zero-order valence-electron chi connectivity index (χ0n) is 16.3. The van der Waals surface area contributed by atoms with E-state index in [0.29, 0.717) is 0 Å². The number of carboxylic acid groups (broad SMARTS) is 2. The lowest BCUT2D eigenvalue weighted by Crippen LogP contribution is -2.46. The SMILES string of the molecule is Clc1ccc(CN2CCN(CCCc3ccccc3)CC2)cc1.O=C(O)C(=O)O. The number of halogens is 1. The van der Waals surface area contributed by atoms with E-state index in [1.165, 1.54) is 43.6 Å². The Balaban J connectivity index is 0.000000438. The Labute approximate surface area is 176 Å². The van der Waals surface area contributed by atoms with Gasteiger partial charge in [0.2, 0.25) is 0 Å². The zero-order valence-corrected chi connectivity index (χ0v) is 17.1. The Morgan fingerprint density at radius 1 is 0.793 bits per heavy atom. The predicted molar refractivity (Wildman–Crippen MR) is 113 cm³/mol. The quantitative estimate of drug-likeness (QED) is 0.701. The number of piperazine rings is 1. The van der Waals surface area contributed by atoms with Crippen molar-refractivity contribution in [1.82, 2.24) is 9.80 Å². The van der Waals surface area contributed by atoms with Gasteiger partial charge in [-0.3, -0.25) is 4.90 Å². The van der Waals surface area contributed by atoms with Crippen LogP contribution in [0.1, 0.15) is 17.5 Å². The van der Waals surface area contributed by atoms with Crippen molar-refractivity contribution in [2.45, 2.75) is 19.4 Å². The van der Waals surface area contributed by atoms with E-state index in [1.807, 2.05) is 12.1 Å². The number of aliphatic carboxylic acids is 2. The molecule has 1 aliphatic heterocycles. The summed E-state index contributed by atoms with van der Waals surface area (Å²) in [6.07, 6.45) is 2.44. The highest BCUT2D eigenvalue weighted by atomic mass is 35.5. The molecule has 0 unspecified atom stereocenters. The van der Waals surface area contributed by atoms with Gasteiger partial charge in [-0.15, -0.1) is 0 Å². The molecule has 0 aromatic heterocycles. The molecule has 0 radical (unpaired) electrons. The molecule has 2 aromatic carbocycles. The van der Waals surface area contributed by atoms with Crippen LogP contribution in [-0.2, 0) is 22.6 Å². The summed E-state index contributed by atoms with van der Waals surface area (Å²) in [7, 11) is 0. The summed E-state index contributed by atoms with van der Waals surface area (Å²) in [5.41, 5.74) is 2.81. The highest BCUT2D eigenvalue weighted by Gasteiger charge is 2.16. The van der Waals surface area contributed by atoms with E-state index in [4.69, 9.17) is 31.4 Å². The molecule has 0 spiro atoms. The normalized spacial score (nSPS) is 14.7. The van der Waals surface area contributed by atoms with E-state index >= 15 is 0 Å². The Kier molecular flexibility index (Phi) is 9.64. The number of aryl methyl sites for hydroxylation is 1. The van der Waals surface area contributed by atoms with Gasteiger partial charge in [0.15, 0.2) is 0 Å². The van der Waals surface area contributed by atoms with Gasteiger partial charge in [0.25, 0.3) is 0 Å². The second-order valence-corrected chi connectivity index (χ2v) is 7.38. The van der Waals surface area contributed by atoms with Crippen molar-refractivity contribution in [3.8, 4) is 0 Å². The van der Waals surface area contributed by atoms with Crippen LogP contribution in [0.3, 0.4) is 0 Å². The van der Waals surface area contributed by atoms with Crippen molar-refractivity contribution in [2.24, 2.45) is 0 Å². The van der Waals surface area contributed by atoms with Gasteiger partial charge < -0.3 is 15.1 Å². The minimum Gasteiger partial charge on any atom is -0.473 e. The monoisotopic (exact) mass is 418 g/mol. The second kappa shape index (κ2) is 12.2. The lowest BCUT2D eigenvalue weighted by Gasteiger charge is -2.34. The Morgan fingerprint density at radius 3 is 1.90 bits per heavy atom. The van der Waals surface area contributed by atoms with E-state index < -0.39 is 11.9 Å². The third-order valence-electron chi connectivity index (χ3n) is 4.75. The van der Waals surface area contributed by atoms with E-state index in [1.54, 1.807) is 0 Å². The summed E-state index contributed by atoms with van der Waals surface area (Å²) in [5.74, 6) is -3.65. The van der Waals surface area contributed by atoms with Crippen LogP contribution in [0.2, 0.25) is 5.02 Å². The molecule has 1 heterocycles. The Hall–Kier alpha value is -2.41. The summed E-state index contributed by atoms with van der Waals surface area (Å²) in [4.78, 5) is 23.3. The average molecular weight is 419 g/mol. The Morgan fingerprint density at radius 2 is 1.34 bits per heavy atom. The fraction of sp³-hybridized carbons (Fsp3) is 0.364. The molecule has 29 heavy (non-hydrogen) atoms. The molecular weight excluding hydrogens is 392 g/mol. The van der Waals surface area contributed by atoms with Gasteiger partial charge in [-0.25, -0.2) is 9.59 Å². The first-order valence-electron chi connectivity index (χ1n) is 9.63.